The van der Waals surface area contributed by atoms with Crippen LogP contribution in [0, 0.1) is 0 Å². The van der Waals surface area contributed by atoms with Gasteiger partial charge in [-0.1, -0.05) is 25.5 Å². The predicted octanol–water partition coefficient (Wildman–Crippen LogP) is 2.52. The molecule has 0 spiro atoms. The van der Waals surface area contributed by atoms with E-state index in [0.717, 1.165) is 18.6 Å². The van der Waals surface area contributed by atoms with Crippen molar-refractivity contribution in [3.8, 4) is 5.75 Å². The zero-order chi connectivity index (χ0) is 13.5. The lowest BCUT2D eigenvalue weighted by molar-refractivity contribution is 0.207. The minimum absolute atomic E-state index is 0.173. The summed E-state index contributed by atoms with van der Waals surface area (Å²) in [7, 11) is 0. The number of hydrogen-bond donors (Lipinski definition) is 2. The first-order valence-corrected chi connectivity index (χ1v) is 7.40. The number of benzene rings is 1. The van der Waals surface area contributed by atoms with Crippen LogP contribution >= 0.6 is 0 Å². The summed E-state index contributed by atoms with van der Waals surface area (Å²) in [5.74, 6) is 0.919. The van der Waals surface area contributed by atoms with Crippen LogP contribution < -0.4 is 10.1 Å². The summed E-state index contributed by atoms with van der Waals surface area (Å²) in [5.41, 5.74) is 1.36. The van der Waals surface area contributed by atoms with Gasteiger partial charge in [-0.05, 0) is 43.4 Å². The van der Waals surface area contributed by atoms with Crippen LogP contribution in [0.1, 0.15) is 38.2 Å². The van der Waals surface area contributed by atoms with E-state index in [1.165, 1.54) is 24.8 Å². The highest BCUT2D eigenvalue weighted by Crippen LogP contribution is 2.20. The van der Waals surface area contributed by atoms with Gasteiger partial charge in [-0.2, -0.15) is 0 Å². The standard InChI is InChI=1S/C16H25NO2/c1-2-3-13-4-8-16(9-5-13)19-11-10-15(12-18)17-14-6-7-14/h4-5,8-9,14-15,17-18H,2-3,6-7,10-12H2,1H3. The smallest absolute Gasteiger partial charge is 0.119 e. The van der Waals surface area contributed by atoms with Crippen LogP contribution in [0.2, 0.25) is 0 Å². The molecule has 2 N–H and O–H groups in total. The average molecular weight is 263 g/mol. The van der Waals surface area contributed by atoms with Crippen molar-refractivity contribution in [2.45, 2.75) is 51.1 Å². The lowest BCUT2D eigenvalue weighted by Gasteiger charge is -2.16. The molecule has 106 valence electrons. The highest BCUT2D eigenvalue weighted by atomic mass is 16.5. The van der Waals surface area contributed by atoms with E-state index < -0.39 is 0 Å². The van der Waals surface area contributed by atoms with Gasteiger partial charge in [0.05, 0.1) is 13.2 Å². The molecule has 1 saturated carbocycles. The van der Waals surface area contributed by atoms with E-state index in [1.807, 2.05) is 12.1 Å². The molecule has 1 aromatic carbocycles. The van der Waals surface area contributed by atoms with Crippen LogP contribution in [-0.4, -0.2) is 30.4 Å². The molecule has 19 heavy (non-hydrogen) atoms. The topological polar surface area (TPSA) is 41.5 Å². The minimum Gasteiger partial charge on any atom is -0.494 e. The third-order valence-corrected chi connectivity index (χ3v) is 3.47. The van der Waals surface area contributed by atoms with Crippen molar-refractivity contribution in [3.05, 3.63) is 29.8 Å². The zero-order valence-corrected chi connectivity index (χ0v) is 11.8. The molecule has 3 nitrogen and oxygen atoms in total. The Morgan fingerprint density at radius 1 is 1.32 bits per heavy atom. The van der Waals surface area contributed by atoms with Gasteiger partial charge in [0.2, 0.25) is 0 Å². The summed E-state index contributed by atoms with van der Waals surface area (Å²) in [6, 6.07) is 9.13. The number of ether oxygens (including phenoxy) is 1. The van der Waals surface area contributed by atoms with E-state index in [0.29, 0.717) is 12.6 Å². The first-order valence-electron chi connectivity index (χ1n) is 7.40. The van der Waals surface area contributed by atoms with Crippen molar-refractivity contribution in [1.82, 2.24) is 5.32 Å². The lowest BCUT2D eigenvalue weighted by Crippen LogP contribution is -2.35. The van der Waals surface area contributed by atoms with Crippen LogP contribution in [0.4, 0.5) is 0 Å². The summed E-state index contributed by atoms with van der Waals surface area (Å²) in [6.45, 7) is 3.03. The molecule has 1 aliphatic rings. The molecule has 0 heterocycles. The van der Waals surface area contributed by atoms with Crippen LogP contribution in [0.25, 0.3) is 0 Å². The molecule has 1 atom stereocenters. The lowest BCUT2D eigenvalue weighted by atomic mass is 10.1. The number of aryl methyl sites for hydroxylation is 1. The van der Waals surface area contributed by atoms with Gasteiger partial charge in [0, 0.05) is 12.1 Å². The maximum atomic E-state index is 9.28. The molecule has 0 radical (unpaired) electrons. The minimum atomic E-state index is 0.173. The highest BCUT2D eigenvalue weighted by molar-refractivity contribution is 5.27. The van der Waals surface area contributed by atoms with Crippen molar-refractivity contribution in [2.24, 2.45) is 0 Å². The van der Waals surface area contributed by atoms with Gasteiger partial charge in [-0.25, -0.2) is 0 Å². The number of rotatable bonds is 9. The Bertz CT molecular complexity index is 360. The second kappa shape index (κ2) is 7.51. The molecule has 0 aliphatic heterocycles. The van der Waals surface area contributed by atoms with Gasteiger partial charge in [-0.3, -0.25) is 0 Å². The Balaban J connectivity index is 1.68. The Morgan fingerprint density at radius 2 is 2.05 bits per heavy atom. The quantitative estimate of drug-likeness (QED) is 0.719. The van der Waals surface area contributed by atoms with E-state index >= 15 is 0 Å². The monoisotopic (exact) mass is 263 g/mol. The van der Waals surface area contributed by atoms with Crippen LogP contribution in [0.3, 0.4) is 0 Å². The van der Waals surface area contributed by atoms with E-state index in [2.05, 4.69) is 24.4 Å². The molecule has 1 fully saturated rings. The first-order chi connectivity index (χ1) is 9.31. The number of nitrogens with one attached hydrogen (secondary N) is 1. The van der Waals surface area contributed by atoms with E-state index in [1.54, 1.807) is 0 Å². The molecule has 2 rings (SSSR count). The second-order valence-electron chi connectivity index (χ2n) is 5.35. The zero-order valence-electron chi connectivity index (χ0n) is 11.8. The van der Waals surface area contributed by atoms with Gasteiger partial charge < -0.3 is 15.2 Å². The maximum Gasteiger partial charge on any atom is 0.119 e. The Labute approximate surface area is 116 Å². The van der Waals surface area contributed by atoms with Crippen molar-refractivity contribution in [3.63, 3.8) is 0 Å². The Hall–Kier alpha value is -1.06. The summed E-state index contributed by atoms with van der Waals surface area (Å²) in [4.78, 5) is 0. The first kappa shape index (κ1) is 14.4. The van der Waals surface area contributed by atoms with E-state index in [9.17, 15) is 5.11 Å². The molecule has 0 bridgehead atoms. The average Bonchev–Trinajstić information content (AvgIpc) is 3.24. The molecule has 1 unspecified atom stereocenters. The fraction of sp³-hybridized carbons (Fsp3) is 0.625. The van der Waals surface area contributed by atoms with Gasteiger partial charge in [0.25, 0.3) is 0 Å². The van der Waals surface area contributed by atoms with Gasteiger partial charge >= 0.3 is 0 Å². The fourth-order valence-electron chi connectivity index (χ4n) is 2.17. The number of hydrogen-bond acceptors (Lipinski definition) is 3. The van der Waals surface area contributed by atoms with Gasteiger partial charge in [-0.15, -0.1) is 0 Å². The maximum absolute atomic E-state index is 9.28. The summed E-state index contributed by atoms with van der Waals surface area (Å²) >= 11 is 0. The summed E-state index contributed by atoms with van der Waals surface area (Å²) < 4.78 is 5.72. The molecule has 0 amide bonds. The largest absolute Gasteiger partial charge is 0.494 e. The van der Waals surface area contributed by atoms with E-state index in [-0.39, 0.29) is 12.6 Å². The predicted molar refractivity (Wildman–Crippen MR) is 77.6 cm³/mol. The Kier molecular flexibility index (Phi) is 5.67. The normalized spacial score (nSPS) is 16.3. The van der Waals surface area contributed by atoms with Crippen LogP contribution in [0.5, 0.6) is 5.75 Å². The Morgan fingerprint density at radius 3 is 2.63 bits per heavy atom. The molecular weight excluding hydrogens is 238 g/mol. The number of aliphatic hydroxyl groups is 1. The van der Waals surface area contributed by atoms with Crippen molar-refractivity contribution in [2.75, 3.05) is 13.2 Å². The SMILES string of the molecule is CCCc1ccc(OCCC(CO)NC2CC2)cc1. The summed E-state index contributed by atoms with van der Waals surface area (Å²) in [5, 5.41) is 12.7. The van der Waals surface area contributed by atoms with Crippen molar-refractivity contribution < 1.29 is 9.84 Å². The number of aliphatic hydroxyl groups excluding tert-OH is 1. The van der Waals surface area contributed by atoms with Crippen molar-refractivity contribution >= 4 is 0 Å². The van der Waals surface area contributed by atoms with E-state index in [4.69, 9.17) is 4.74 Å². The molecule has 3 heteroatoms. The second-order valence-corrected chi connectivity index (χ2v) is 5.35. The third kappa shape index (κ3) is 5.21. The fourth-order valence-corrected chi connectivity index (χ4v) is 2.17. The highest BCUT2D eigenvalue weighted by Gasteiger charge is 2.23. The van der Waals surface area contributed by atoms with Crippen LogP contribution in [0.15, 0.2) is 24.3 Å². The molecule has 1 aromatic rings. The summed E-state index contributed by atoms with van der Waals surface area (Å²) in [6.07, 6.45) is 5.64. The molecule has 0 aromatic heterocycles. The molecule has 0 saturated heterocycles. The van der Waals surface area contributed by atoms with Gasteiger partial charge in [0.15, 0.2) is 0 Å². The van der Waals surface area contributed by atoms with Crippen LogP contribution in [-0.2, 0) is 6.42 Å². The molecule has 1 aliphatic carbocycles. The van der Waals surface area contributed by atoms with Gasteiger partial charge in [0.1, 0.15) is 5.75 Å². The van der Waals surface area contributed by atoms with Crippen molar-refractivity contribution in [1.29, 1.82) is 0 Å². The molecular formula is C16H25NO2. The third-order valence-electron chi connectivity index (χ3n) is 3.47.